The summed E-state index contributed by atoms with van der Waals surface area (Å²) in [6.07, 6.45) is -9.17. The molecule has 1 aromatic heterocycles. The zero-order valence-corrected chi connectivity index (χ0v) is 21.3. The molecule has 0 aliphatic carbocycles. The molecule has 2 heterocycles. The molecular formula is C23H19ClF6N2O3S2. The highest BCUT2D eigenvalue weighted by molar-refractivity contribution is 7.94. The van der Waals surface area contributed by atoms with Gasteiger partial charge in [-0.05, 0) is 55.4 Å². The molecule has 1 aliphatic rings. The Bertz CT molecular complexity index is 1390. The minimum atomic E-state index is -4.68. The highest BCUT2D eigenvalue weighted by Gasteiger charge is 2.34. The monoisotopic (exact) mass is 584 g/mol. The molecule has 0 amide bonds. The van der Waals surface area contributed by atoms with E-state index in [1.54, 1.807) is 0 Å². The number of sulfonamides is 1. The van der Waals surface area contributed by atoms with Gasteiger partial charge < -0.3 is 9.64 Å². The largest absolute Gasteiger partial charge is 0.487 e. The van der Waals surface area contributed by atoms with Crippen molar-refractivity contribution in [2.24, 2.45) is 0 Å². The molecule has 200 valence electrons. The molecule has 3 aromatic rings. The van der Waals surface area contributed by atoms with Crippen LogP contribution in [0.25, 0.3) is 11.1 Å². The number of benzene rings is 2. The Kier molecular flexibility index (Phi) is 7.45. The molecule has 37 heavy (non-hydrogen) atoms. The third-order valence-corrected chi connectivity index (χ3v) is 8.79. The van der Waals surface area contributed by atoms with Crippen LogP contribution in [0, 0.1) is 0 Å². The van der Waals surface area contributed by atoms with Gasteiger partial charge in [-0.25, -0.2) is 8.42 Å². The third-order valence-electron chi connectivity index (χ3n) is 5.63. The number of alkyl halides is 6. The first kappa shape index (κ1) is 27.6. The van der Waals surface area contributed by atoms with Crippen LogP contribution in [0.1, 0.15) is 17.5 Å². The molecule has 0 bridgehead atoms. The molecule has 5 nitrogen and oxygen atoms in total. The van der Waals surface area contributed by atoms with Gasteiger partial charge in [0.2, 0.25) is 0 Å². The lowest BCUT2D eigenvalue weighted by molar-refractivity contribution is -0.138. The van der Waals surface area contributed by atoms with Gasteiger partial charge in [0.05, 0.1) is 21.2 Å². The van der Waals surface area contributed by atoms with Crippen LogP contribution in [0.4, 0.5) is 32.0 Å². The standard InChI is InChI=1S/C23H19ClF6N2O3S2/c1-32-9-8-16(12-32)35-19-10-15(23(28,29)30)6-7-18(19)31-37(33,34)21-17(11-20(24)36-21)13-2-4-14(5-3-13)22(25,26)27/h2-7,10-11,16,31H,8-9,12H2,1H3/t16-/m1/s1. The molecule has 0 spiro atoms. The summed E-state index contributed by atoms with van der Waals surface area (Å²) in [5, 5.41) is 0. The first-order chi connectivity index (χ1) is 17.1. The van der Waals surface area contributed by atoms with Crippen LogP contribution in [-0.4, -0.2) is 39.6 Å². The Morgan fingerprint density at radius 3 is 2.19 bits per heavy atom. The van der Waals surface area contributed by atoms with Gasteiger partial charge in [-0.15, -0.1) is 11.3 Å². The summed E-state index contributed by atoms with van der Waals surface area (Å²) in [6.45, 7) is 1.11. The maximum Gasteiger partial charge on any atom is 0.416 e. The lowest BCUT2D eigenvalue weighted by Crippen LogP contribution is -2.22. The summed E-state index contributed by atoms with van der Waals surface area (Å²) in [7, 11) is -2.61. The van der Waals surface area contributed by atoms with E-state index in [1.807, 2.05) is 11.9 Å². The number of likely N-dealkylation sites (tertiary alicyclic amines) is 1. The van der Waals surface area contributed by atoms with Crippen molar-refractivity contribution < 1.29 is 39.5 Å². The quantitative estimate of drug-likeness (QED) is 0.317. The Balaban J connectivity index is 1.70. The molecule has 1 fully saturated rings. The second-order valence-corrected chi connectivity index (χ2v) is 12.0. The first-order valence-electron chi connectivity index (χ1n) is 10.7. The van der Waals surface area contributed by atoms with Crippen LogP contribution in [0.5, 0.6) is 5.75 Å². The number of likely N-dealkylation sites (N-methyl/N-ethyl adjacent to an activating group) is 1. The molecule has 0 unspecified atom stereocenters. The van der Waals surface area contributed by atoms with Crippen molar-refractivity contribution in [1.82, 2.24) is 4.90 Å². The lowest BCUT2D eigenvalue weighted by atomic mass is 10.1. The number of nitrogens with zero attached hydrogens (tertiary/aromatic N) is 1. The number of halogens is 7. The minimum Gasteiger partial charge on any atom is -0.487 e. The summed E-state index contributed by atoms with van der Waals surface area (Å²) in [6, 6.07) is 7.56. The molecule has 14 heteroatoms. The fourth-order valence-corrected chi connectivity index (χ4v) is 6.80. The Morgan fingerprint density at radius 2 is 1.62 bits per heavy atom. The van der Waals surface area contributed by atoms with E-state index in [4.69, 9.17) is 16.3 Å². The summed E-state index contributed by atoms with van der Waals surface area (Å²) < 4.78 is 113. The SMILES string of the molecule is CN1CC[C@@H](Oc2cc(C(F)(F)F)ccc2NS(=O)(=O)c2sc(Cl)cc2-c2ccc(C(F)(F)F)cc2)C1. The fourth-order valence-electron chi connectivity index (χ4n) is 3.83. The first-order valence-corrected chi connectivity index (χ1v) is 13.4. The van der Waals surface area contributed by atoms with Crippen molar-refractivity contribution >= 4 is 38.6 Å². The average Bonchev–Trinajstić information content (AvgIpc) is 3.39. The van der Waals surface area contributed by atoms with Crippen molar-refractivity contribution in [2.75, 3.05) is 24.9 Å². The van der Waals surface area contributed by atoms with Crippen molar-refractivity contribution in [1.29, 1.82) is 0 Å². The van der Waals surface area contributed by atoms with E-state index in [2.05, 4.69) is 4.72 Å². The zero-order valence-electron chi connectivity index (χ0n) is 19.0. The van der Waals surface area contributed by atoms with Crippen LogP contribution < -0.4 is 9.46 Å². The summed E-state index contributed by atoms with van der Waals surface area (Å²) in [4.78, 5) is 1.92. The predicted molar refractivity (Wildman–Crippen MR) is 129 cm³/mol. The zero-order chi connectivity index (χ0) is 27.2. The second kappa shape index (κ2) is 10.0. The maximum atomic E-state index is 13.3. The Labute approximate surface area is 217 Å². The highest BCUT2D eigenvalue weighted by Crippen LogP contribution is 2.42. The van der Waals surface area contributed by atoms with Crippen LogP contribution in [0.2, 0.25) is 4.34 Å². The Hall–Kier alpha value is -2.48. The fraction of sp³-hybridized carbons (Fsp3) is 0.304. The molecule has 1 aliphatic heterocycles. The molecule has 1 N–H and O–H groups in total. The van der Waals surface area contributed by atoms with Gasteiger partial charge in [-0.1, -0.05) is 23.7 Å². The predicted octanol–water partition coefficient (Wildman–Crippen LogP) is 6.99. The summed E-state index contributed by atoms with van der Waals surface area (Å²) >= 11 is 6.71. The number of thiophene rings is 1. The van der Waals surface area contributed by atoms with E-state index in [0.29, 0.717) is 30.8 Å². The number of hydrogen-bond acceptors (Lipinski definition) is 5. The molecule has 0 saturated carbocycles. The van der Waals surface area contributed by atoms with Gasteiger partial charge in [0.1, 0.15) is 16.1 Å². The van der Waals surface area contributed by atoms with Crippen LogP contribution in [0.15, 0.2) is 52.7 Å². The van der Waals surface area contributed by atoms with Crippen LogP contribution in [-0.2, 0) is 22.4 Å². The van der Waals surface area contributed by atoms with Gasteiger partial charge in [0.25, 0.3) is 10.0 Å². The topological polar surface area (TPSA) is 58.6 Å². The number of nitrogens with one attached hydrogen (secondary N) is 1. The average molecular weight is 585 g/mol. The van der Waals surface area contributed by atoms with Crippen molar-refractivity contribution in [3.8, 4) is 16.9 Å². The molecule has 1 saturated heterocycles. The van der Waals surface area contributed by atoms with E-state index >= 15 is 0 Å². The van der Waals surface area contributed by atoms with E-state index < -0.39 is 39.6 Å². The van der Waals surface area contributed by atoms with Crippen LogP contribution >= 0.6 is 22.9 Å². The second-order valence-electron chi connectivity index (χ2n) is 8.43. The molecule has 4 rings (SSSR count). The molecule has 0 radical (unpaired) electrons. The van der Waals surface area contributed by atoms with E-state index in [0.717, 1.165) is 42.5 Å². The van der Waals surface area contributed by atoms with Crippen molar-refractivity contribution in [3.05, 3.63) is 64.0 Å². The lowest BCUT2D eigenvalue weighted by Gasteiger charge is -2.19. The van der Waals surface area contributed by atoms with Gasteiger partial charge in [-0.3, -0.25) is 4.72 Å². The normalized spacial score (nSPS) is 17.2. The van der Waals surface area contributed by atoms with Crippen LogP contribution in [0.3, 0.4) is 0 Å². The van der Waals surface area contributed by atoms with Crippen molar-refractivity contribution in [2.45, 2.75) is 29.1 Å². The van der Waals surface area contributed by atoms with E-state index in [-0.39, 0.29) is 31.1 Å². The van der Waals surface area contributed by atoms with Gasteiger partial charge in [0.15, 0.2) is 0 Å². The molecule has 1 atom stereocenters. The van der Waals surface area contributed by atoms with E-state index in [9.17, 15) is 34.8 Å². The summed E-state index contributed by atoms with van der Waals surface area (Å²) in [5.41, 5.74) is -1.94. The maximum absolute atomic E-state index is 13.3. The molecule has 2 aromatic carbocycles. The highest BCUT2D eigenvalue weighted by atomic mass is 35.5. The minimum absolute atomic E-state index is 0.0445. The van der Waals surface area contributed by atoms with Gasteiger partial charge in [0, 0.05) is 18.7 Å². The number of ether oxygens (including phenoxy) is 1. The van der Waals surface area contributed by atoms with E-state index in [1.165, 1.54) is 6.07 Å². The van der Waals surface area contributed by atoms with Crippen molar-refractivity contribution in [3.63, 3.8) is 0 Å². The van der Waals surface area contributed by atoms with Gasteiger partial charge >= 0.3 is 12.4 Å². The number of hydrogen-bond donors (Lipinski definition) is 1. The van der Waals surface area contributed by atoms with Gasteiger partial charge in [-0.2, -0.15) is 26.3 Å². The number of anilines is 1. The number of rotatable bonds is 6. The molecular weight excluding hydrogens is 566 g/mol. The smallest absolute Gasteiger partial charge is 0.416 e. The Morgan fingerprint density at radius 1 is 1.00 bits per heavy atom. The third kappa shape index (κ3) is 6.33. The summed E-state index contributed by atoms with van der Waals surface area (Å²) in [5.74, 6) is -0.294.